The fraction of sp³-hybridized carbons (Fsp3) is 0.333. The molecule has 1 saturated heterocycles. The summed E-state index contributed by atoms with van der Waals surface area (Å²) in [7, 11) is 1.51. The minimum Gasteiger partial charge on any atom is -0.450 e. The maximum absolute atomic E-state index is 15.4. The van der Waals surface area contributed by atoms with Gasteiger partial charge in [0.05, 0.1) is 48.1 Å². The Labute approximate surface area is 287 Å². The van der Waals surface area contributed by atoms with Crippen LogP contribution in [-0.2, 0) is 23.8 Å². The number of hydrogen-bond acceptors (Lipinski definition) is 10. The van der Waals surface area contributed by atoms with Gasteiger partial charge in [-0.05, 0) is 54.3 Å². The SMILES string of the molecule is CCOC(=O)N1CCN(c2ccc(Nc3cc(-c4cccc(-n5ncc6cc(C(C)(C)C)cc(F)c6c5=O)c4CO)nn(C)c3=O)nc2)CC1. The van der Waals surface area contributed by atoms with E-state index in [1.54, 1.807) is 54.4 Å². The van der Waals surface area contributed by atoms with Crippen LogP contribution in [-0.4, -0.2) is 73.4 Å². The molecule has 3 aromatic heterocycles. The highest BCUT2D eigenvalue weighted by Crippen LogP contribution is 2.30. The first-order valence-corrected chi connectivity index (χ1v) is 16.3. The molecule has 1 aliphatic rings. The lowest BCUT2D eigenvalue weighted by molar-refractivity contribution is 0.105. The Morgan fingerprint density at radius 2 is 1.78 bits per heavy atom. The van der Waals surface area contributed by atoms with Crippen LogP contribution in [0.25, 0.3) is 27.7 Å². The highest BCUT2D eigenvalue weighted by Gasteiger charge is 2.23. The zero-order valence-electron chi connectivity index (χ0n) is 28.6. The number of fused-ring (bicyclic) bond motifs is 1. The summed E-state index contributed by atoms with van der Waals surface area (Å²) < 4.78 is 22.7. The van der Waals surface area contributed by atoms with E-state index >= 15 is 4.39 Å². The molecule has 1 fully saturated rings. The van der Waals surface area contributed by atoms with E-state index in [0.29, 0.717) is 60.8 Å². The average Bonchev–Trinajstić information content (AvgIpc) is 3.10. The lowest BCUT2D eigenvalue weighted by Gasteiger charge is -2.35. The number of benzene rings is 2. The predicted octanol–water partition coefficient (Wildman–Crippen LogP) is 4.49. The van der Waals surface area contributed by atoms with Gasteiger partial charge < -0.3 is 25.0 Å². The van der Waals surface area contributed by atoms with Crippen LogP contribution in [0.4, 0.5) is 26.4 Å². The van der Waals surface area contributed by atoms with Crippen LogP contribution in [0, 0.1) is 5.82 Å². The standard InChI is InChI=1S/C36H39FN8O5/c1-6-50-35(49)44-14-12-43(13-15-44)24-10-11-31(38-20-24)40-29-18-28(41-42(5)33(29)47)25-8-7-9-30(26(25)21-46)45-34(48)32-22(19-39-45)16-23(17-27(32)37)36(2,3)4/h7-11,16-20,46H,6,12-15,21H2,1-5H3,(H,38,40). The second-order valence-corrected chi connectivity index (χ2v) is 13.1. The van der Waals surface area contributed by atoms with Crippen molar-refractivity contribution >= 4 is 34.1 Å². The first kappa shape index (κ1) is 34.2. The zero-order chi connectivity index (χ0) is 35.7. The molecule has 0 aliphatic carbocycles. The van der Waals surface area contributed by atoms with Crippen LogP contribution >= 0.6 is 0 Å². The molecule has 0 unspecified atom stereocenters. The summed E-state index contributed by atoms with van der Waals surface area (Å²) in [6.07, 6.45) is 2.82. The third-order valence-corrected chi connectivity index (χ3v) is 8.76. The van der Waals surface area contributed by atoms with E-state index in [-0.39, 0.29) is 28.3 Å². The van der Waals surface area contributed by atoms with E-state index in [0.717, 1.165) is 15.9 Å². The molecule has 0 radical (unpaired) electrons. The third kappa shape index (κ3) is 6.66. The van der Waals surface area contributed by atoms with Crippen molar-refractivity contribution in [3.05, 3.63) is 98.6 Å². The quantitative estimate of drug-likeness (QED) is 0.252. The van der Waals surface area contributed by atoms with E-state index in [9.17, 15) is 19.5 Å². The van der Waals surface area contributed by atoms with Crippen molar-refractivity contribution in [2.24, 2.45) is 7.05 Å². The molecule has 0 spiro atoms. The highest BCUT2D eigenvalue weighted by atomic mass is 19.1. The topological polar surface area (TPSA) is 148 Å². The summed E-state index contributed by atoms with van der Waals surface area (Å²) in [6.45, 7) is 9.82. The van der Waals surface area contributed by atoms with Gasteiger partial charge in [-0.3, -0.25) is 9.59 Å². The Hall–Kier alpha value is -5.63. The third-order valence-electron chi connectivity index (χ3n) is 8.76. The maximum Gasteiger partial charge on any atom is 0.409 e. The molecule has 5 aromatic rings. The summed E-state index contributed by atoms with van der Waals surface area (Å²) in [4.78, 5) is 47.1. The fourth-order valence-electron chi connectivity index (χ4n) is 5.99. The summed E-state index contributed by atoms with van der Waals surface area (Å²) >= 11 is 0. The first-order valence-electron chi connectivity index (χ1n) is 16.3. The number of amides is 1. The molecule has 0 atom stereocenters. The monoisotopic (exact) mass is 682 g/mol. The smallest absolute Gasteiger partial charge is 0.409 e. The minimum absolute atomic E-state index is 0.105. The molecule has 1 amide bonds. The number of aryl methyl sites for hydroxylation is 1. The van der Waals surface area contributed by atoms with Crippen molar-refractivity contribution in [3.8, 4) is 16.9 Å². The van der Waals surface area contributed by atoms with Gasteiger partial charge in [0.1, 0.15) is 17.3 Å². The Bertz CT molecular complexity index is 2190. The highest BCUT2D eigenvalue weighted by molar-refractivity contribution is 5.83. The van der Waals surface area contributed by atoms with Crippen molar-refractivity contribution in [2.75, 3.05) is 43.0 Å². The number of hydrogen-bond donors (Lipinski definition) is 2. The van der Waals surface area contributed by atoms with Gasteiger partial charge in [0.15, 0.2) is 0 Å². The number of pyridine rings is 1. The molecule has 6 rings (SSSR count). The second kappa shape index (κ2) is 13.7. The minimum atomic E-state index is -0.668. The molecular weight excluding hydrogens is 643 g/mol. The van der Waals surface area contributed by atoms with Crippen molar-refractivity contribution in [1.29, 1.82) is 0 Å². The normalized spacial score (nSPS) is 13.5. The van der Waals surface area contributed by atoms with Crippen molar-refractivity contribution < 1.29 is 19.0 Å². The number of halogens is 1. The van der Waals surface area contributed by atoms with Crippen LogP contribution in [0.3, 0.4) is 0 Å². The molecule has 1 aliphatic heterocycles. The fourth-order valence-corrected chi connectivity index (χ4v) is 5.99. The summed E-state index contributed by atoms with van der Waals surface area (Å²) in [5.74, 6) is -0.225. The van der Waals surface area contributed by atoms with Gasteiger partial charge in [0.2, 0.25) is 0 Å². The molecule has 50 heavy (non-hydrogen) atoms. The number of nitrogens with one attached hydrogen (secondary N) is 1. The van der Waals surface area contributed by atoms with Gasteiger partial charge in [-0.2, -0.15) is 14.9 Å². The number of nitrogens with zero attached hydrogens (tertiary/aromatic N) is 7. The Morgan fingerprint density at radius 1 is 1.02 bits per heavy atom. The largest absolute Gasteiger partial charge is 0.450 e. The molecule has 2 N–H and O–H groups in total. The lowest BCUT2D eigenvalue weighted by Crippen LogP contribution is -2.49. The number of ether oxygens (including phenoxy) is 1. The Morgan fingerprint density at radius 3 is 2.44 bits per heavy atom. The Kier molecular flexibility index (Phi) is 9.39. The number of carbonyl (C=O) groups excluding carboxylic acids is 1. The number of aliphatic hydroxyl groups is 1. The molecule has 0 saturated carbocycles. The van der Waals surface area contributed by atoms with Gasteiger partial charge in [0.25, 0.3) is 11.1 Å². The van der Waals surface area contributed by atoms with Crippen LogP contribution in [0.5, 0.6) is 0 Å². The van der Waals surface area contributed by atoms with E-state index in [2.05, 4.69) is 25.4 Å². The van der Waals surface area contributed by atoms with Crippen LogP contribution in [0.15, 0.2) is 70.5 Å². The van der Waals surface area contributed by atoms with Crippen LogP contribution in [0.1, 0.15) is 38.8 Å². The average molecular weight is 683 g/mol. The van der Waals surface area contributed by atoms with Gasteiger partial charge in [-0.25, -0.2) is 18.9 Å². The van der Waals surface area contributed by atoms with E-state index < -0.39 is 23.5 Å². The lowest BCUT2D eigenvalue weighted by atomic mass is 9.86. The molecule has 260 valence electrons. The van der Waals surface area contributed by atoms with E-state index in [1.807, 2.05) is 26.8 Å². The van der Waals surface area contributed by atoms with Gasteiger partial charge in [-0.15, -0.1) is 0 Å². The van der Waals surface area contributed by atoms with Crippen molar-refractivity contribution in [3.63, 3.8) is 0 Å². The number of piperazine rings is 1. The second-order valence-electron chi connectivity index (χ2n) is 13.1. The number of rotatable bonds is 7. The van der Waals surface area contributed by atoms with Gasteiger partial charge >= 0.3 is 6.09 Å². The summed E-state index contributed by atoms with van der Waals surface area (Å²) in [5, 5.41) is 22.7. The van der Waals surface area contributed by atoms with Gasteiger partial charge in [-0.1, -0.05) is 32.9 Å². The molecule has 14 heteroatoms. The predicted molar refractivity (Wildman–Crippen MR) is 189 cm³/mol. The molecule has 13 nitrogen and oxygen atoms in total. The molecule has 4 heterocycles. The number of anilines is 3. The Balaban J connectivity index is 1.29. The first-order chi connectivity index (χ1) is 23.9. The zero-order valence-corrected chi connectivity index (χ0v) is 28.6. The summed E-state index contributed by atoms with van der Waals surface area (Å²) in [6, 6.07) is 13.3. The van der Waals surface area contributed by atoms with Crippen LogP contribution in [0.2, 0.25) is 0 Å². The van der Waals surface area contributed by atoms with E-state index in [1.165, 1.54) is 24.0 Å². The molecule has 2 aromatic carbocycles. The number of carbonyl (C=O) groups is 1. The van der Waals surface area contributed by atoms with Crippen molar-refractivity contribution in [1.82, 2.24) is 29.4 Å². The number of aromatic nitrogens is 5. The number of aliphatic hydroxyl groups excluding tert-OH is 1. The van der Waals surface area contributed by atoms with Crippen LogP contribution < -0.4 is 21.3 Å². The van der Waals surface area contributed by atoms with E-state index in [4.69, 9.17) is 4.74 Å². The maximum atomic E-state index is 15.4. The molecule has 0 bridgehead atoms. The molecular formula is C36H39FN8O5. The van der Waals surface area contributed by atoms with Gasteiger partial charge in [0, 0.05) is 49.7 Å². The van der Waals surface area contributed by atoms with Crippen molar-refractivity contribution in [2.45, 2.75) is 39.7 Å². The summed E-state index contributed by atoms with van der Waals surface area (Å²) in [5.41, 5.74) is 1.75.